The Balaban J connectivity index is 2.96. The van der Waals surface area contributed by atoms with Crippen molar-refractivity contribution in [3.05, 3.63) is 29.8 Å². The molecule has 1 N–H and O–H groups in total. The van der Waals surface area contributed by atoms with Crippen LogP contribution in [0.4, 0.5) is 13.2 Å². The van der Waals surface area contributed by atoms with E-state index in [0.29, 0.717) is 6.42 Å². The first-order valence-electron chi connectivity index (χ1n) is 6.73. The summed E-state index contributed by atoms with van der Waals surface area (Å²) in [5, 5.41) is 10.2. The van der Waals surface area contributed by atoms with E-state index in [2.05, 4.69) is 16.6 Å². The van der Waals surface area contributed by atoms with Crippen molar-refractivity contribution in [1.29, 1.82) is 0 Å². The van der Waals surface area contributed by atoms with Crippen molar-refractivity contribution in [2.75, 3.05) is 0 Å². The molecule has 2 atom stereocenters. The summed E-state index contributed by atoms with van der Waals surface area (Å²) >= 11 is 0. The van der Waals surface area contributed by atoms with Crippen molar-refractivity contribution in [3.8, 4) is 17.6 Å². The molecule has 116 valence electrons. The highest BCUT2D eigenvalue weighted by Crippen LogP contribution is 2.26. The molecule has 21 heavy (non-hydrogen) atoms. The van der Waals surface area contributed by atoms with Crippen molar-refractivity contribution in [1.82, 2.24) is 0 Å². The SMILES string of the molecule is CCC(C)CC(C)(O)C#Cc1ccccc1OC(F)(F)F. The Morgan fingerprint density at radius 3 is 2.48 bits per heavy atom. The number of halogens is 3. The molecule has 0 saturated heterocycles. The van der Waals surface area contributed by atoms with Gasteiger partial charge in [0.1, 0.15) is 11.4 Å². The van der Waals surface area contributed by atoms with Crippen molar-refractivity contribution in [2.24, 2.45) is 5.92 Å². The fourth-order valence-electron chi connectivity index (χ4n) is 1.86. The zero-order valence-electron chi connectivity index (χ0n) is 12.3. The third-order valence-electron chi connectivity index (χ3n) is 3.02. The Hall–Kier alpha value is -1.67. The number of para-hydroxylation sites is 1. The van der Waals surface area contributed by atoms with Crippen LogP contribution in [0.5, 0.6) is 5.75 Å². The quantitative estimate of drug-likeness (QED) is 0.847. The molecule has 0 amide bonds. The lowest BCUT2D eigenvalue weighted by Crippen LogP contribution is -2.24. The van der Waals surface area contributed by atoms with Gasteiger partial charge in [0.2, 0.25) is 0 Å². The van der Waals surface area contributed by atoms with Gasteiger partial charge in [-0.1, -0.05) is 44.2 Å². The number of ether oxygens (including phenoxy) is 1. The fourth-order valence-corrected chi connectivity index (χ4v) is 1.86. The minimum atomic E-state index is -4.77. The summed E-state index contributed by atoms with van der Waals surface area (Å²) in [4.78, 5) is 0. The van der Waals surface area contributed by atoms with Crippen LogP contribution in [0.25, 0.3) is 0 Å². The Kier molecular flexibility index (Phi) is 5.68. The summed E-state index contributed by atoms with van der Waals surface area (Å²) < 4.78 is 40.8. The van der Waals surface area contributed by atoms with Crippen LogP contribution < -0.4 is 4.74 Å². The molecular weight excluding hydrogens is 281 g/mol. The van der Waals surface area contributed by atoms with Crippen molar-refractivity contribution < 1.29 is 23.0 Å². The van der Waals surface area contributed by atoms with Gasteiger partial charge in [0, 0.05) is 0 Å². The number of alkyl halides is 3. The summed E-state index contributed by atoms with van der Waals surface area (Å²) in [5.74, 6) is 5.12. The Bertz CT molecular complexity index is 524. The maximum atomic E-state index is 12.3. The Morgan fingerprint density at radius 2 is 1.90 bits per heavy atom. The number of rotatable bonds is 4. The van der Waals surface area contributed by atoms with Crippen molar-refractivity contribution >= 4 is 0 Å². The first-order chi connectivity index (χ1) is 9.63. The highest BCUT2D eigenvalue weighted by atomic mass is 19.4. The van der Waals surface area contributed by atoms with Crippen LogP contribution in [0.15, 0.2) is 24.3 Å². The minimum absolute atomic E-state index is 0.0965. The maximum Gasteiger partial charge on any atom is 0.573 e. The van der Waals surface area contributed by atoms with E-state index in [1.54, 1.807) is 13.0 Å². The van der Waals surface area contributed by atoms with Crippen molar-refractivity contribution in [2.45, 2.75) is 45.6 Å². The highest BCUT2D eigenvalue weighted by molar-refractivity contribution is 5.46. The molecule has 0 aliphatic heterocycles. The summed E-state index contributed by atoms with van der Waals surface area (Å²) in [6.45, 7) is 5.54. The predicted molar refractivity (Wildman–Crippen MR) is 74.7 cm³/mol. The molecule has 1 aromatic rings. The van der Waals surface area contributed by atoms with Crippen LogP contribution in [-0.2, 0) is 0 Å². The fraction of sp³-hybridized carbons (Fsp3) is 0.500. The number of hydrogen-bond acceptors (Lipinski definition) is 2. The van der Waals surface area contributed by atoms with Crippen molar-refractivity contribution in [3.63, 3.8) is 0 Å². The normalized spacial score (nSPS) is 15.6. The van der Waals surface area contributed by atoms with Gasteiger partial charge in [-0.15, -0.1) is 13.2 Å². The molecule has 1 rings (SSSR count). The zero-order chi connectivity index (χ0) is 16.1. The van der Waals surface area contributed by atoms with E-state index >= 15 is 0 Å². The lowest BCUT2D eigenvalue weighted by molar-refractivity contribution is -0.274. The van der Waals surface area contributed by atoms with Gasteiger partial charge in [-0.2, -0.15) is 0 Å². The third kappa shape index (κ3) is 6.54. The first kappa shape index (κ1) is 17.4. The van der Waals surface area contributed by atoms with Crippen LogP contribution in [0.2, 0.25) is 0 Å². The summed E-state index contributed by atoms with van der Waals surface area (Å²) in [6.07, 6.45) is -3.42. The molecule has 2 unspecified atom stereocenters. The zero-order valence-corrected chi connectivity index (χ0v) is 12.3. The molecule has 0 aliphatic carbocycles. The van der Waals surface area contributed by atoms with Crippen LogP contribution in [-0.4, -0.2) is 17.1 Å². The topological polar surface area (TPSA) is 29.5 Å². The van der Waals surface area contributed by atoms with E-state index in [4.69, 9.17) is 0 Å². The molecule has 0 heterocycles. The summed E-state index contributed by atoms with van der Waals surface area (Å²) in [7, 11) is 0. The average Bonchev–Trinajstić information content (AvgIpc) is 2.35. The van der Waals surface area contributed by atoms with E-state index in [-0.39, 0.29) is 17.2 Å². The molecule has 0 radical (unpaired) electrons. The Morgan fingerprint density at radius 1 is 1.29 bits per heavy atom. The largest absolute Gasteiger partial charge is 0.573 e. The van der Waals surface area contributed by atoms with Gasteiger partial charge < -0.3 is 9.84 Å². The molecule has 0 aliphatic rings. The smallest absolute Gasteiger partial charge is 0.404 e. The number of hydrogen-bond donors (Lipinski definition) is 1. The van der Waals surface area contributed by atoms with Crippen LogP contribution in [0.3, 0.4) is 0 Å². The Labute approximate surface area is 122 Å². The third-order valence-corrected chi connectivity index (χ3v) is 3.02. The molecule has 5 heteroatoms. The van der Waals surface area contributed by atoms with Crippen LogP contribution in [0, 0.1) is 17.8 Å². The summed E-state index contributed by atoms with van der Waals surface area (Å²) in [5.41, 5.74) is -1.15. The van der Waals surface area contributed by atoms with Gasteiger partial charge >= 0.3 is 6.36 Å². The van der Waals surface area contributed by atoms with Gasteiger partial charge in [0.05, 0.1) is 5.56 Å². The number of aliphatic hydroxyl groups is 1. The van der Waals surface area contributed by atoms with Gasteiger partial charge in [0.15, 0.2) is 0 Å². The molecule has 0 bridgehead atoms. The predicted octanol–water partition coefficient (Wildman–Crippen LogP) is 4.12. The number of benzene rings is 1. The van der Waals surface area contributed by atoms with Crippen LogP contribution in [0.1, 0.15) is 39.2 Å². The second-order valence-corrected chi connectivity index (χ2v) is 5.29. The molecule has 0 saturated carbocycles. The van der Waals surface area contributed by atoms with E-state index in [9.17, 15) is 18.3 Å². The second-order valence-electron chi connectivity index (χ2n) is 5.29. The minimum Gasteiger partial charge on any atom is -0.404 e. The second kappa shape index (κ2) is 6.86. The van der Waals surface area contributed by atoms with Gasteiger partial charge in [0.25, 0.3) is 0 Å². The highest BCUT2D eigenvalue weighted by Gasteiger charge is 2.32. The first-order valence-corrected chi connectivity index (χ1v) is 6.73. The van der Waals surface area contributed by atoms with E-state index in [1.807, 2.05) is 13.8 Å². The lowest BCUT2D eigenvalue weighted by Gasteiger charge is -2.20. The van der Waals surface area contributed by atoms with Gasteiger partial charge in [-0.3, -0.25) is 0 Å². The molecule has 0 aromatic heterocycles. The maximum absolute atomic E-state index is 12.3. The monoisotopic (exact) mass is 300 g/mol. The lowest BCUT2D eigenvalue weighted by atomic mass is 9.92. The van der Waals surface area contributed by atoms with E-state index in [0.717, 1.165) is 6.42 Å². The van der Waals surface area contributed by atoms with Gasteiger partial charge in [-0.05, 0) is 31.4 Å². The van der Waals surface area contributed by atoms with Gasteiger partial charge in [-0.25, -0.2) is 0 Å². The molecular formula is C16H19F3O2. The standard InChI is InChI=1S/C16H19F3O2/c1-4-12(2)11-15(3,20)10-9-13-7-5-6-8-14(13)21-16(17,18)19/h5-8,12,20H,4,11H2,1-3H3. The van der Waals surface area contributed by atoms with E-state index in [1.165, 1.54) is 18.2 Å². The molecule has 1 aromatic carbocycles. The molecule has 2 nitrogen and oxygen atoms in total. The molecule has 0 fully saturated rings. The van der Waals surface area contributed by atoms with Crippen LogP contribution >= 0.6 is 0 Å². The average molecular weight is 300 g/mol. The summed E-state index contributed by atoms with van der Waals surface area (Å²) in [6, 6.07) is 5.62. The molecule has 0 spiro atoms. The van der Waals surface area contributed by atoms with E-state index < -0.39 is 12.0 Å².